The summed E-state index contributed by atoms with van der Waals surface area (Å²) in [4.78, 5) is 0. The van der Waals surface area contributed by atoms with E-state index < -0.39 is 10.2 Å². The first-order chi connectivity index (χ1) is 6.88. The standard InChI is InChI=1S/C8H9N2.ClHO4/c1-9-6-7-10-5-3-2-4-8(9)10;2-1(3,4)5/h2-7H,1H3;(H,2,3,4,5)/q+1;/p-1. The van der Waals surface area contributed by atoms with Crippen molar-refractivity contribution in [2.75, 3.05) is 0 Å². The van der Waals surface area contributed by atoms with Gasteiger partial charge < -0.3 is 0 Å². The fourth-order valence-corrected chi connectivity index (χ4v) is 1.12. The van der Waals surface area contributed by atoms with E-state index >= 15 is 0 Å². The molecule has 0 amide bonds. The molecule has 0 saturated heterocycles. The van der Waals surface area contributed by atoms with E-state index in [2.05, 4.69) is 15.0 Å². The summed E-state index contributed by atoms with van der Waals surface area (Å²) in [6.07, 6.45) is 6.11. The maximum atomic E-state index is 8.49. The minimum atomic E-state index is -4.94. The third kappa shape index (κ3) is 4.24. The molecule has 0 unspecified atom stereocenters. The van der Waals surface area contributed by atoms with Crippen LogP contribution in [0.15, 0.2) is 36.8 Å². The highest BCUT2D eigenvalue weighted by molar-refractivity contribution is 5.30. The number of aryl methyl sites for hydroxylation is 1. The van der Waals surface area contributed by atoms with Crippen LogP contribution in [0.4, 0.5) is 0 Å². The number of aromatic nitrogens is 2. The van der Waals surface area contributed by atoms with Gasteiger partial charge in [-0.05, 0) is 6.07 Å². The molecule has 0 fully saturated rings. The molecule has 6 nitrogen and oxygen atoms in total. The molecule has 2 aromatic rings. The molecule has 0 N–H and O–H groups in total. The maximum Gasteiger partial charge on any atom is 0.285 e. The zero-order chi connectivity index (χ0) is 11.5. The normalized spacial score (nSPS) is 11.0. The van der Waals surface area contributed by atoms with Crippen molar-refractivity contribution in [3.05, 3.63) is 36.8 Å². The lowest BCUT2D eigenvalue weighted by Crippen LogP contribution is -2.68. The summed E-state index contributed by atoms with van der Waals surface area (Å²) in [6, 6.07) is 6.14. The van der Waals surface area contributed by atoms with Crippen molar-refractivity contribution in [2.24, 2.45) is 7.05 Å². The third-order valence-electron chi connectivity index (χ3n) is 1.68. The highest BCUT2D eigenvalue weighted by Crippen LogP contribution is 1.94. The molecule has 0 aliphatic heterocycles. The second kappa shape index (κ2) is 4.56. The van der Waals surface area contributed by atoms with Crippen LogP contribution in [0.25, 0.3) is 5.65 Å². The predicted molar refractivity (Wildman–Crippen MR) is 38.6 cm³/mol. The zero-order valence-corrected chi connectivity index (χ0v) is 8.63. The minimum absolute atomic E-state index is 1.21. The van der Waals surface area contributed by atoms with E-state index in [1.807, 2.05) is 37.8 Å². The molecule has 0 aromatic carbocycles. The Hall–Kier alpha value is -1.18. The number of halogens is 1. The summed E-state index contributed by atoms with van der Waals surface area (Å²) in [6.45, 7) is 0. The summed E-state index contributed by atoms with van der Waals surface area (Å²) in [5, 5.41) is 0. The van der Waals surface area contributed by atoms with Gasteiger partial charge in [0, 0.05) is 6.07 Å². The van der Waals surface area contributed by atoms with Gasteiger partial charge in [-0.2, -0.15) is 0 Å². The smallest absolute Gasteiger partial charge is 0.233 e. The van der Waals surface area contributed by atoms with Gasteiger partial charge in [0.1, 0.15) is 12.4 Å². The van der Waals surface area contributed by atoms with E-state index in [1.54, 1.807) is 0 Å². The highest BCUT2D eigenvalue weighted by Gasteiger charge is 2.00. The molecule has 2 aromatic heterocycles. The molecule has 82 valence electrons. The minimum Gasteiger partial charge on any atom is -0.233 e. The Morgan fingerprint density at radius 1 is 1.13 bits per heavy atom. The van der Waals surface area contributed by atoms with Crippen molar-refractivity contribution in [3.63, 3.8) is 0 Å². The lowest BCUT2D eigenvalue weighted by Gasteiger charge is -2.17. The van der Waals surface area contributed by atoms with E-state index in [9.17, 15) is 0 Å². The van der Waals surface area contributed by atoms with Crippen LogP contribution in [0.5, 0.6) is 0 Å². The Balaban J connectivity index is 0.000000195. The molecule has 2 rings (SSSR count). The van der Waals surface area contributed by atoms with Crippen LogP contribution in [0.3, 0.4) is 0 Å². The van der Waals surface area contributed by atoms with Gasteiger partial charge in [-0.3, -0.25) is 0 Å². The lowest BCUT2D eigenvalue weighted by atomic mass is 10.5. The van der Waals surface area contributed by atoms with Gasteiger partial charge in [-0.1, -0.05) is 6.07 Å². The van der Waals surface area contributed by atoms with E-state index in [0.29, 0.717) is 0 Å². The molecule has 2 heterocycles. The molecule has 0 aliphatic carbocycles. The molecule has 0 atom stereocenters. The summed E-state index contributed by atoms with van der Waals surface area (Å²) in [5.74, 6) is 0. The number of hydrogen-bond acceptors (Lipinski definition) is 4. The van der Waals surface area contributed by atoms with Crippen LogP contribution >= 0.6 is 0 Å². The van der Waals surface area contributed by atoms with E-state index in [1.165, 1.54) is 5.65 Å². The molecule has 0 radical (unpaired) electrons. The monoisotopic (exact) mass is 232 g/mol. The van der Waals surface area contributed by atoms with E-state index in [4.69, 9.17) is 18.6 Å². The number of fused-ring (bicyclic) bond motifs is 1. The Labute approximate surface area is 88.0 Å². The largest absolute Gasteiger partial charge is 0.285 e. The molecule has 0 saturated carbocycles. The molecule has 15 heavy (non-hydrogen) atoms. The van der Waals surface area contributed by atoms with Crippen molar-refractivity contribution in [3.8, 4) is 0 Å². The van der Waals surface area contributed by atoms with Gasteiger partial charge in [-0.25, -0.2) is 27.6 Å². The van der Waals surface area contributed by atoms with Crippen molar-refractivity contribution in [2.45, 2.75) is 0 Å². The van der Waals surface area contributed by atoms with Crippen LogP contribution in [-0.4, -0.2) is 4.40 Å². The van der Waals surface area contributed by atoms with Crippen molar-refractivity contribution in [1.29, 1.82) is 0 Å². The Morgan fingerprint density at radius 3 is 2.27 bits per heavy atom. The molecular formula is C8H9ClN2O4. The second-order valence-electron chi connectivity index (χ2n) is 2.75. The zero-order valence-electron chi connectivity index (χ0n) is 7.87. The van der Waals surface area contributed by atoms with Crippen LogP contribution in [0.1, 0.15) is 0 Å². The topological polar surface area (TPSA) is 101 Å². The molecule has 0 aliphatic rings. The van der Waals surface area contributed by atoms with E-state index in [-0.39, 0.29) is 0 Å². The molecular weight excluding hydrogens is 224 g/mol. The maximum absolute atomic E-state index is 8.49. The first-order valence-electron chi connectivity index (χ1n) is 3.91. The van der Waals surface area contributed by atoms with Crippen LogP contribution in [0, 0.1) is 10.2 Å². The lowest BCUT2D eigenvalue weighted by molar-refractivity contribution is -2.00. The van der Waals surface area contributed by atoms with Crippen molar-refractivity contribution in [1.82, 2.24) is 4.40 Å². The highest BCUT2D eigenvalue weighted by atomic mass is 35.7. The van der Waals surface area contributed by atoms with Gasteiger partial charge in [0.2, 0.25) is 0 Å². The van der Waals surface area contributed by atoms with Crippen LogP contribution in [-0.2, 0) is 7.05 Å². The van der Waals surface area contributed by atoms with Crippen molar-refractivity contribution < 1.29 is 33.4 Å². The Morgan fingerprint density at radius 2 is 1.73 bits per heavy atom. The molecule has 7 heteroatoms. The van der Waals surface area contributed by atoms with Crippen LogP contribution in [0.2, 0.25) is 0 Å². The van der Waals surface area contributed by atoms with Gasteiger partial charge in [0.25, 0.3) is 5.65 Å². The summed E-state index contributed by atoms with van der Waals surface area (Å²) in [7, 11) is -2.91. The number of imidazole rings is 1. The number of nitrogens with zero attached hydrogens (tertiary/aromatic N) is 2. The Bertz CT molecular complexity index is 431. The van der Waals surface area contributed by atoms with Gasteiger partial charge >= 0.3 is 0 Å². The fourth-order valence-electron chi connectivity index (χ4n) is 1.12. The average molecular weight is 233 g/mol. The summed E-state index contributed by atoms with van der Waals surface area (Å²) in [5.41, 5.74) is 1.21. The van der Waals surface area contributed by atoms with Gasteiger partial charge in [0.05, 0.1) is 13.2 Å². The summed E-state index contributed by atoms with van der Waals surface area (Å²) >= 11 is 0. The quantitative estimate of drug-likeness (QED) is 0.432. The van der Waals surface area contributed by atoms with E-state index in [0.717, 1.165) is 0 Å². The van der Waals surface area contributed by atoms with Gasteiger partial charge in [-0.15, -0.1) is 10.2 Å². The van der Waals surface area contributed by atoms with Crippen LogP contribution < -0.4 is 23.2 Å². The first kappa shape index (κ1) is 11.9. The predicted octanol–water partition coefficient (Wildman–Crippen LogP) is -3.99. The van der Waals surface area contributed by atoms with Crippen molar-refractivity contribution >= 4 is 5.65 Å². The number of pyridine rings is 1. The fraction of sp³-hybridized carbons (Fsp3) is 0.125. The SMILES string of the molecule is C[n+]1ccn2ccccc21.[O-][Cl+3]([O-])([O-])[O-]. The summed E-state index contributed by atoms with van der Waals surface area (Å²) < 4.78 is 38.1. The number of hydrogen-bond donors (Lipinski definition) is 0. The number of rotatable bonds is 0. The third-order valence-corrected chi connectivity index (χ3v) is 1.68. The average Bonchev–Trinajstić information content (AvgIpc) is 2.46. The Kier molecular flexibility index (Phi) is 3.61. The van der Waals surface area contributed by atoms with Gasteiger partial charge in [0.15, 0.2) is 0 Å². The molecule has 0 spiro atoms. The molecule has 0 bridgehead atoms. The second-order valence-corrected chi connectivity index (χ2v) is 3.51. The first-order valence-corrected chi connectivity index (χ1v) is 5.14.